The van der Waals surface area contributed by atoms with Crippen molar-refractivity contribution in [2.75, 3.05) is 20.2 Å². The Morgan fingerprint density at radius 3 is 2.54 bits per heavy atom. The molecule has 0 aliphatic carbocycles. The van der Waals surface area contributed by atoms with Crippen LogP contribution in [-0.4, -0.2) is 36.0 Å². The van der Waals surface area contributed by atoms with Gasteiger partial charge >= 0.3 is 0 Å². The molecule has 1 aromatic heterocycles. The lowest BCUT2D eigenvalue weighted by molar-refractivity contribution is 0.0710. The third-order valence-corrected chi connectivity index (χ3v) is 5.47. The van der Waals surface area contributed by atoms with Crippen molar-refractivity contribution in [1.29, 1.82) is 0 Å². The molecule has 0 bridgehead atoms. The van der Waals surface area contributed by atoms with Crippen LogP contribution >= 0.6 is 0 Å². The molecule has 4 rings (SSSR count). The molecular weight excluding hydrogens is 324 g/mol. The number of fused-ring (bicyclic) bond motifs is 1. The van der Waals surface area contributed by atoms with Crippen LogP contribution in [0.15, 0.2) is 48.5 Å². The molecule has 3 aromatic rings. The predicted octanol–water partition coefficient (Wildman–Crippen LogP) is 4.50. The fraction of sp³-hybridized carbons (Fsp3) is 0.318. The van der Waals surface area contributed by atoms with Gasteiger partial charge in [0.15, 0.2) is 0 Å². The topological polar surface area (TPSA) is 45.3 Å². The summed E-state index contributed by atoms with van der Waals surface area (Å²) in [7, 11) is 1.61. The maximum Gasteiger partial charge on any atom is 0.257 e. The molecule has 1 aliphatic rings. The molecule has 1 aliphatic heterocycles. The first-order valence-electron chi connectivity index (χ1n) is 9.18. The van der Waals surface area contributed by atoms with E-state index >= 15 is 0 Å². The van der Waals surface area contributed by atoms with Gasteiger partial charge in [0.25, 0.3) is 5.91 Å². The molecule has 0 unspecified atom stereocenters. The van der Waals surface area contributed by atoms with E-state index in [0.717, 1.165) is 25.9 Å². The van der Waals surface area contributed by atoms with Gasteiger partial charge in [-0.3, -0.25) is 4.79 Å². The number of methoxy groups -OCH3 is 1. The Hall–Kier alpha value is -2.75. The lowest BCUT2D eigenvalue weighted by Gasteiger charge is -2.32. The van der Waals surface area contributed by atoms with Crippen molar-refractivity contribution in [3.05, 3.63) is 65.4 Å². The summed E-state index contributed by atoms with van der Waals surface area (Å²) in [4.78, 5) is 18.4. The first kappa shape index (κ1) is 16.7. The van der Waals surface area contributed by atoms with E-state index in [-0.39, 0.29) is 5.91 Å². The van der Waals surface area contributed by atoms with Gasteiger partial charge < -0.3 is 14.6 Å². The number of benzene rings is 2. The summed E-state index contributed by atoms with van der Waals surface area (Å²) >= 11 is 0. The third kappa shape index (κ3) is 2.85. The summed E-state index contributed by atoms with van der Waals surface area (Å²) in [5, 5.41) is 1.32. The maximum absolute atomic E-state index is 12.9. The summed E-state index contributed by atoms with van der Waals surface area (Å²) in [6.07, 6.45) is 1.98. The highest BCUT2D eigenvalue weighted by Gasteiger charge is 2.28. The molecule has 1 fully saturated rings. The summed E-state index contributed by atoms with van der Waals surface area (Å²) < 4.78 is 5.35. The van der Waals surface area contributed by atoms with E-state index in [1.807, 2.05) is 29.2 Å². The molecule has 1 saturated heterocycles. The summed E-state index contributed by atoms with van der Waals surface area (Å²) in [5.41, 5.74) is 4.52. The minimum atomic E-state index is 0.0662. The van der Waals surface area contributed by atoms with Gasteiger partial charge in [0, 0.05) is 29.7 Å². The predicted molar refractivity (Wildman–Crippen MR) is 104 cm³/mol. The Morgan fingerprint density at radius 1 is 1.08 bits per heavy atom. The van der Waals surface area contributed by atoms with Crippen LogP contribution in [-0.2, 0) is 0 Å². The SMILES string of the molecule is COc1ccccc1C(=O)N1CCC(c2c(C)[nH]c3ccccc23)CC1. The van der Waals surface area contributed by atoms with Crippen LogP contribution in [0.3, 0.4) is 0 Å². The van der Waals surface area contributed by atoms with Crippen LogP contribution in [0.4, 0.5) is 0 Å². The molecule has 1 amide bonds. The summed E-state index contributed by atoms with van der Waals surface area (Å²) in [6, 6.07) is 16.0. The van der Waals surface area contributed by atoms with Crippen molar-refractivity contribution in [3.8, 4) is 5.75 Å². The largest absolute Gasteiger partial charge is 0.496 e. The number of carbonyl (C=O) groups excluding carboxylic acids is 1. The number of carbonyl (C=O) groups is 1. The zero-order valence-corrected chi connectivity index (χ0v) is 15.3. The molecular formula is C22H24N2O2. The van der Waals surface area contributed by atoms with Gasteiger partial charge in [-0.2, -0.15) is 0 Å². The number of aromatic nitrogens is 1. The molecule has 1 N–H and O–H groups in total. The number of hydrogen-bond donors (Lipinski definition) is 1. The summed E-state index contributed by atoms with van der Waals surface area (Å²) in [6.45, 7) is 3.71. The van der Waals surface area contributed by atoms with Crippen LogP contribution < -0.4 is 4.74 Å². The minimum Gasteiger partial charge on any atom is -0.496 e. The van der Waals surface area contributed by atoms with Gasteiger partial charge in [-0.25, -0.2) is 0 Å². The number of ether oxygens (including phenoxy) is 1. The van der Waals surface area contributed by atoms with Gasteiger partial charge in [0.2, 0.25) is 0 Å². The Kier molecular flexibility index (Phi) is 4.41. The number of H-pyrrole nitrogens is 1. The fourth-order valence-electron chi connectivity index (χ4n) is 4.19. The Morgan fingerprint density at radius 2 is 1.77 bits per heavy atom. The average Bonchev–Trinajstić information content (AvgIpc) is 3.03. The van der Waals surface area contributed by atoms with Gasteiger partial charge in [0.1, 0.15) is 5.75 Å². The second kappa shape index (κ2) is 6.87. The first-order valence-corrected chi connectivity index (χ1v) is 9.18. The molecule has 26 heavy (non-hydrogen) atoms. The molecule has 0 atom stereocenters. The number of aromatic amines is 1. The van der Waals surface area contributed by atoms with E-state index in [2.05, 4.69) is 36.2 Å². The van der Waals surface area contributed by atoms with E-state index in [0.29, 0.717) is 17.2 Å². The Bertz CT molecular complexity index is 936. The van der Waals surface area contributed by atoms with Gasteiger partial charge in [-0.1, -0.05) is 30.3 Å². The van der Waals surface area contributed by atoms with Crippen molar-refractivity contribution in [2.45, 2.75) is 25.7 Å². The van der Waals surface area contributed by atoms with Crippen molar-refractivity contribution in [2.24, 2.45) is 0 Å². The smallest absolute Gasteiger partial charge is 0.257 e. The lowest BCUT2D eigenvalue weighted by atomic mass is 9.87. The van der Waals surface area contributed by atoms with E-state index in [9.17, 15) is 4.79 Å². The highest BCUT2D eigenvalue weighted by atomic mass is 16.5. The van der Waals surface area contributed by atoms with Gasteiger partial charge in [0.05, 0.1) is 12.7 Å². The number of nitrogens with zero attached hydrogens (tertiary/aromatic N) is 1. The van der Waals surface area contributed by atoms with Crippen molar-refractivity contribution >= 4 is 16.8 Å². The number of amides is 1. The van der Waals surface area contributed by atoms with E-state index in [4.69, 9.17) is 4.74 Å². The minimum absolute atomic E-state index is 0.0662. The molecule has 134 valence electrons. The van der Waals surface area contributed by atoms with Crippen LogP contribution in [0.25, 0.3) is 10.9 Å². The van der Waals surface area contributed by atoms with Crippen LogP contribution in [0.2, 0.25) is 0 Å². The number of likely N-dealkylation sites (tertiary alicyclic amines) is 1. The van der Waals surface area contributed by atoms with E-state index in [1.54, 1.807) is 7.11 Å². The standard InChI is InChI=1S/C22H24N2O2/c1-15-21(17-7-3-5-9-19(17)23-15)16-11-13-24(14-12-16)22(25)18-8-4-6-10-20(18)26-2/h3-10,16,23H,11-14H2,1-2H3. The number of hydrogen-bond acceptors (Lipinski definition) is 2. The van der Waals surface area contributed by atoms with Crippen molar-refractivity contribution in [1.82, 2.24) is 9.88 Å². The quantitative estimate of drug-likeness (QED) is 0.757. The Balaban J connectivity index is 1.52. The normalized spacial score (nSPS) is 15.4. The fourth-order valence-corrected chi connectivity index (χ4v) is 4.19. The van der Waals surface area contributed by atoms with Crippen LogP contribution in [0.1, 0.15) is 40.4 Å². The number of aryl methyl sites for hydroxylation is 1. The van der Waals surface area contributed by atoms with Crippen molar-refractivity contribution < 1.29 is 9.53 Å². The molecule has 4 heteroatoms. The average molecular weight is 348 g/mol. The molecule has 0 spiro atoms. The molecule has 2 aromatic carbocycles. The number of piperidine rings is 1. The third-order valence-electron chi connectivity index (χ3n) is 5.47. The molecule has 2 heterocycles. The maximum atomic E-state index is 12.9. The molecule has 4 nitrogen and oxygen atoms in total. The molecule has 0 radical (unpaired) electrons. The highest BCUT2D eigenvalue weighted by molar-refractivity contribution is 5.97. The van der Waals surface area contributed by atoms with Gasteiger partial charge in [-0.05, 0) is 49.4 Å². The van der Waals surface area contributed by atoms with E-state index in [1.165, 1.54) is 22.2 Å². The number of rotatable bonds is 3. The summed E-state index contributed by atoms with van der Waals surface area (Å²) in [5.74, 6) is 1.21. The molecule has 0 saturated carbocycles. The monoisotopic (exact) mass is 348 g/mol. The van der Waals surface area contributed by atoms with Crippen molar-refractivity contribution in [3.63, 3.8) is 0 Å². The second-order valence-electron chi connectivity index (χ2n) is 6.98. The number of nitrogens with one attached hydrogen (secondary N) is 1. The van der Waals surface area contributed by atoms with Gasteiger partial charge in [-0.15, -0.1) is 0 Å². The zero-order valence-electron chi connectivity index (χ0n) is 15.3. The zero-order chi connectivity index (χ0) is 18.1. The van der Waals surface area contributed by atoms with Crippen LogP contribution in [0.5, 0.6) is 5.75 Å². The van der Waals surface area contributed by atoms with E-state index < -0.39 is 0 Å². The second-order valence-corrected chi connectivity index (χ2v) is 6.98. The first-order chi connectivity index (χ1) is 12.7. The lowest BCUT2D eigenvalue weighted by Crippen LogP contribution is -2.38. The highest BCUT2D eigenvalue weighted by Crippen LogP contribution is 2.36. The van der Waals surface area contributed by atoms with Crippen LogP contribution in [0, 0.1) is 6.92 Å². The Labute approximate surface area is 153 Å². The number of para-hydroxylation sites is 2.